The van der Waals surface area contributed by atoms with Crippen molar-refractivity contribution in [2.24, 2.45) is 0 Å². The van der Waals surface area contributed by atoms with E-state index in [0.29, 0.717) is 36.8 Å². The number of para-hydroxylation sites is 2. The lowest BCUT2D eigenvalue weighted by Gasteiger charge is -2.13. The van der Waals surface area contributed by atoms with Crippen LogP contribution in [0.4, 0.5) is 5.69 Å². The van der Waals surface area contributed by atoms with Gasteiger partial charge < -0.3 is 19.9 Å². The summed E-state index contributed by atoms with van der Waals surface area (Å²) >= 11 is 0. The maximum Gasteiger partial charge on any atom is 0.335 e. The Bertz CT molecular complexity index is 788. The monoisotopic (exact) mass is 413 g/mol. The molecule has 0 saturated heterocycles. The first-order valence-corrected chi connectivity index (χ1v) is 10.6. The molecule has 2 aromatic rings. The minimum atomic E-state index is -0.972. The van der Waals surface area contributed by atoms with Gasteiger partial charge in [-0.15, -0.1) is 0 Å². The van der Waals surface area contributed by atoms with Crippen LogP contribution in [0.1, 0.15) is 62.2 Å². The Balaban J connectivity index is 1.72. The Morgan fingerprint density at radius 1 is 0.867 bits per heavy atom. The molecule has 6 nitrogen and oxygen atoms in total. The van der Waals surface area contributed by atoms with E-state index < -0.39 is 5.97 Å². The molecule has 0 fully saturated rings. The molecule has 162 valence electrons. The summed E-state index contributed by atoms with van der Waals surface area (Å²) in [4.78, 5) is 23.1. The highest BCUT2D eigenvalue weighted by Gasteiger charge is 2.08. The van der Waals surface area contributed by atoms with Crippen molar-refractivity contribution in [3.05, 3.63) is 54.1 Å². The average molecular weight is 414 g/mol. The zero-order chi connectivity index (χ0) is 21.6. The second-order valence-corrected chi connectivity index (χ2v) is 7.09. The number of nitrogens with one attached hydrogen (secondary N) is 1. The third kappa shape index (κ3) is 8.55. The topological polar surface area (TPSA) is 84.9 Å². The van der Waals surface area contributed by atoms with Crippen LogP contribution in [0, 0.1) is 0 Å². The van der Waals surface area contributed by atoms with Crippen LogP contribution >= 0.6 is 0 Å². The second-order valence-electron chi connectivity index (χ2n) is 7.09. The van der Waals surface area contributed by atoms with Crippen molar-refractivity contribution in [2.75, 3.05) is 18.5 Å². The van der Waals surface area contributed by atoms with Crippen LogP contribution in [0.25, 0.3) is 0 Å². The fourth-order valence-corrected chi connectivity index (χ4v) is 2.98. The molecule has 1 amide bonds. The molecule has 0 aliphatic rings. The highest BCUT2D eigenvalue weighted by Crippen LogP contribution is 2.24. The summed E-state index contributed by atoms with van der Waals surface area (Å²) in [6.45, 7) is 2.79. The molecule has 0 aliphatic carbocycles. The van der Waals surface area contributed by atoms with Crippen LogP contribution in [0.15, 0.2) is 48.5 Å². The zero-order valence-electron chi connectivity index (χ0n) is 17.6. The Labute approximate surface area is 178 Å². The highest BCUT2D eigenvalue weighted by molar-refractivity contribution is 5.92. The van der Waals surface area contributed by atoms with E-state index in [4.69, 9.17) is 14.6 Å². The van der Waals surface area contributed by atoms with Gasteiger partial charge in [0.15, 0.2) is 0 Å². The number of hydrogen-bond acceptors (Lipinski definition) is 4. The molecule has 2 aromatic carbocycles. The third-order valence-corrected chi connectivity index (χ3v) is 4.63. The van der Waals surface area contributed by atoms with E-state index >= 15 is 0 Å². The summed E-state index contributed by atoms with van der Waals surface area (Å²) in [7, 11) is 0. The van der Waals surface area contributed by atoms with Gasteiger partial charge in [0.05, 0.1) is 11.3 Å². The van der Waals surface area contributed by atoms with Crippen molar-refractivity contribution in [1.29, 1.82) is 0 Å². The lowest BCUT2D eigenvalue weighted by atomic mass is 10.1. The quantitative estimate of drug-likeness (QED) is 0.398. The van der Waals surface area contributed by atoms with E-state index in [1.807, 2.05) is 24.3 Å². The largest absolute Gasteiger partial charge is 0.490 e. The van der Waals surface area contributed by atoms with Gasteiger partial charge in [0.2, 0.25) is 5.91 Å². The summed E-state index contributed by atoms with van der Waals surface area (Å²) in [5.74, 6) is 0.194. The summed E-state index contributed by atoms with van der Waals surface area (Å²) in [5.41, 5.74) is 0.864. The molecule has 0 saturated carbocycles. The number of rotatable bonds is 14. The van der Waals surface area contributed by atoms with Gasteiger partial charge >= 0.3 is 5.97 Å². The number of ether oxygens (including phenoxy) is 2. The molecule has 0 bridgehead atoms. The van der Waals surface area contributed by atoms with E-state index in [2.05, 4.69) is 12.2 Å². The van der Waals surface area contributed by atoms with Gasteiger partial charge in [-0.3, -0.25) is 4.79 Å². The smallest absolute Gasteiger partial charge is 0.335 e. The van der Waals surface area contributed by atoms with Crippen molar-refractivity contribution in [3.63, 3.8) is 0 Å². The lowest BCUT2D eigenvalue weighted by Crippen LogP contribution is -2.14. The Morgan fingerprint density at radius 2 is 1.53 bits per heavy atom. The van der Waals surface area contributed by atoms with Gasteiger partial charge in [-0.05, 0) is 42.8 Å². The number of anilines is 1. The minimum Gasteiger partial charge on any atom is -0.490 e. The molecule has 2 rings (SSSR count). The fraction of sp³-hybridized carbons (Fsp3) is 0.417. The van der Waals surface area contributed by atoms with Crippen molar-refractivity contribution in [3.8, 4) is 11.5 Å². The van der Waals surface area contributed by atoms with Crippen LogP contribution in [0.5, 0.6) is 11.5 Å². The number of hydrogen-bond donors (Lipinski definition) is 2. The van der Waals surface area contributed by atoms with Gasteiger partial charge in [0, 0.05) is 6.42 Å². The van der Waals surface area contributed by atoms with Crippen molar-refractivity contribution < 1.29 is 24.2 Å². The number of carboxylic acids is 1. The molecule has 0 unspecified atom stereocenters. The number of carbonyl (C=O) groups excluding carboxylic acids is 1. The standard InChI is InChI=1S/C24H31NO5/c1-2-3-4-5-6-7-12-23(26)25-21-10-8-9-11-22(21)30-18-17-29-20-15-13-19(14-16-20)24(27)28/h8-11,13-16H,2-7,12,17-18H2,1H3,(H,25,26)(H,27,28). The number of carboxylic acid groups (broad SMARTS) is 1. The predicted molar refractivity (Wildman–Crippen MR) is 117 cm³/mol. The predicted octanol–water partition coefficient (Wildman–Crippen LogP) is 5.53. The van der Waals surface area contributed by atoms with Crippen LogP contribution in [0.3, 0.4) is 0 Å². The molecule has 0 aliphatic heterocycles. The van der Waals surface area contributed by atoms with Crippen LogP contribution in [-0.4, -0.2) is 30.2 Å². The molecule has 0 aromatic heterocycles. The molecule has 0 spiro atoms. The summed E-state index contributed by atoms with van der Waals surface area (Å²) < 4.78 is 11.3. The Morgan fingerprint density at radius 3 is 2.27 bits per heavy atom. The van der Waals surface area contributed by atoms with Crippen LogP contribution in [-0.2, 0) is 4.79 Å². The second kappa shape index (κ2) is 13.2. The van der Waals surface area contributed by atoms with Gasteiger partial charge in [-0.2, -0.15) is 0 Å². The van der Waals surface area contributed by atoms with Gasteiger partial charge in [0.25, 0.3) is 0 Å². The maximum atomic E-state index is 12.2. The van der Waals surface area contributed by atoms with E-state index in [1.54, 1.807) is 12.1 Å². The summed E-state index contributed by atoms with van der Waals surface area (Å²) in [6, 6.07) is 13.5. The number of carbonyl (C=O) groups is 2. The van der Waals surface area contributed by atoms with Gasteiger partial charge in [-0.25, -0.2) is 4.79 Å². The minimum absolute atomic E-state index is 0.00342. The first kappa shape index (κ1) is 23.3. The lowest BCUT2D eigenvalue weighted by molar-refractivity contribution is -0.116. The van der Waals surface area contributed by atoms with E-state index in [1.165, 1.54) is 37.8 Å². The number of benzene rings is 2. The summed E-state index contributed by atoms with van der Waals surface area (Å²) in [5, 5.41) is 11.8. The van der Waals surface area contributed by atoms with Crippen molar-refractivity contribution >= 4 is 17.6 Å². The van der Waals surface area contributed by atoms with Crippen LogP contribution in [0.2, 0.25) is 0 Å². The maximum absolute atomic E-state index is 12.2. The molecular weight excluding hydrogens is 382 g/mol. The van der Waals surface area contributed by atoms with Crippen molar-refractivity contribution in [2.45, 2.75) is 51.9 Å². The van der Waals surface area contributed by atoms with Crippen LogP contribution < -0.4 is 14.8 Å². The van der Waals surface area contributed by atoms with Crippen molar-refractivity contribution in [1.82, 2.24) is 0 Å². The highest BCUT2D eigenvalue weighted by atomic mass is 16.5. The summed E-state index contributed by atoms with van der Waals surface area (Å²) in [6.07, 6.45) is 7.38. The molecule has 30 heavy (non-hydrogen) atoms. The third-order valence-electron chi connectivity index (χ3n) is 4.63. The molecule has 2 N–H and O–H groups in total. The first-order valence-electron chi connectivity index (χ1n) is 10.6. The molecular formula is C24H31NO5. The fourth-order valence-electron chi connectivity index (χ4n) is 2.98. The Hall–Kier alpha value is -3.02. The average Bonchev–Trinajstić information content (AvgIpc) is 2.75. The van der Waals surface area contributed by atoms with Gasteiger partial charge in [-0.1, -0.05) is 51.2 Å². The number of amides is 1. The zero-order valence-corrected chi connectivity index (χ0v) is 17.6. The van der Waals surface area contributed by atoms with E-state index in [0.717, 1.165) is 12.8 Å². The first-order chi connectivity index (χ1) is 14.6. The molecule has 0 heterocycles. The molecule has 6 heteroatoms. The molecule has 0 radical (unpaired) electrons. The normalized spacial score (nSPS) is 10.4. The van der Waals surface area contributed by atoms with E-state index in [-0.39, 0.29) is 11.5 Å². The SMILES string of the molecule is CCCCCCCCC(=O)Nc1ccccc1OCCOc1ccc(C(=O)O)cc1. The Kier molecular flexibility index (Phi) is 10.3. The molecule has 0 atom stereocenters. The number of aromatic carboxylic acids is 1. The van der Waals surface area contributed by atoms with Gasteiger partial charge in [0.1, 0.15) is 24.7 Å². The number of unbranched alkanes of at least 4 members (excludes halogenated alkanes) is 5. The van der Waals surface area contributed by atoms with E-state index in [9.17, 15) is 9.59 Å².